The number of fused-ring (bicyclic) bond motifs is 3. The number of nitrogens with zero attached hydrogens (tertiary/aromatic N) is 3. The molecule has 2 heterocycles. The van der Waals surface area contributed by atoms with Gasteiger partial charge in [-0.05, 0) is 63.7 Å². The number of hydrogen-bond donors (Lipinski definition) is 2. The summed E-state index contributed by atoms with van der Waals surface area (Å²) in [6, 6.07) is 0. The fourth-order valence-electron chi connectivity index (χ4n) is 4.14. The largest absolute Gasteiger partial charge is 0.356 e. The van der Waals surface area contributed by atoms with E-state index in [1.54, 1.807) is 11.3 Å². The van der Waals surface area contributed by atoms with E-state index in [9.17, 15) is 14.4 Å². The molecule has 9 heteroatoms. The molecule has 32 heavy (non-hydrogen) atoms. The Labute approximate surface area is 193 Å². The summed E-state index contributed by atoms with van der Waals surface area (Å²) >= 11 is 1.61. The Morgan fingerprint density at radius 3 is 2.59 bits per heavy atom. The van der Waals surface area contributed by atoms with E-state index in [1.807, 2.05) is 0 Å². The van der Waals surface area contributed by atoms with Crippen LogP contribution in [0.15, 0.2) is 11.1 Å². The third kappa shape index (κ3) is 6.38. The highest BCUT2D eigenvalue weighted by atomic mass is 32.1. The highest BCUT2D eigenvalue weighted by Crippen LogP contribution is 2.33. The van der Waals surface area contributed by atoms with Crippen molar-refractivity contribution in [1.29, 1.82) is 0 Å². The quantitative estimate of drug-likeness (QED) is 0.472. The van der Waals surface area contributed by atoms with Gasteiger partial charge < -0.3 is 15.5 Å². The van der Waals surface area contributed by atoms with Gasteiger partial charge >= 0.3 is 0 Å². The minimum absolute atomic E-state index is 0.00639. The van der Waals surface area contributed by atoms with E-state index < -0.39 is 0 Å². The maximum absolute atomic E-state index is 12.9. The van der Waals surface area contributed by atoms with Crippen LogP contribution in [0.4, 0.5) is 0 Å². The summed E-state index contributed by atoms with van der Waals surface area (Å²) in [5, 5.41) is 6.43. The van der Waals surface area contributed by atoms with E-state index in [0.717, 1.165) is 62.1 Å². The standard InChI is InChI=1S/C23H35N5O3S/c1-3-27(4-2)14-8-13-24-19(29)11-7-12-25-20(30)15-28-16-26-22-21(23(28)31)17-9-5-6-10-18(17)32-22/h16H,3-15H2,1-2H3,(H,24,29)(H,25,30). The van der Waals surface area contributed by atoms with Crippen molar-refractivity contribution in [2.75, 3.05) is 32.7 Å². The molecule has 0 radical (unpaired) electrons. The predicted octanol–water partition coefficient (Wildman–Crippen LogP) is 2.08. The molecule has 0 fully saturated rings. The molecule has 1 aliphatic carbocycles. The van der Waals surface area contributed by atoms with Crippen LogP contribution in [0.25, 0.3) is 10.2 Å². The van der Waals surface area contributed by atoms with Gasteiger partial charge in [-0.2, -0.15) is 0 Å². The monoisotopic (exact) mass is 461 g/mol. The van der Waals surface area contributed by atoms with Crippen molar-refractivity contribution in [1.82, 2.24) is 25.1 Å². The number of hydrogen-bond acceptors (Lipinski definition) is 6. The highest BCUT2D eigenvalue weighted by Gasteiger charge is 2.20. The Morgan fingerprint density at radius 1 is 1.09 bits per heavy atom. The molecule has 0 atom stereocenters. The fourth-order valence-corrected chi connectivity index (χ4v) is 5.36. The van der Waals surface area contributed by atoms with Crippen molar-refractivity contribution in [2.45, 2.75) is 65.3 Å². The van der Waals surface area contributed by atoms with Crippen LogP contribution < -0.4 is 16.2 Å². The Balaban J connectivity index is 1.39. The topological polar surface area (TPSA) is 96.3 Å². The van der Waals surface area contributed by atoms with Gasteiger partial charge in [0.2, 0.25) is 11.8 Å². The van der Waals surface area contributed by atoms with E-state index in [-0.39, 0.29) is 23.9 Å². The van der Waals surface area contributed by atoms with Gasteiger partial charge in [0.1, 0.15) is 11.4 Å². The molecule has 0 bridgehead atoms. The normalized spacial score (nSPS) is 13.3. The van der Waals surface area contributed by atoms with Crippen molar-refractivity contribution in [2.24, 2.45) is 0 Å². The van der Waals surface area contributed by atoms with Crippen LogP contribution in [-0.2, 0) is 29.0 Å². The summed E-state index contributed by atoms with van der Waals surface area (Å²) in [4.78, 5) is 45.9. The molecule has 0 aromatic carbocycles. The van der Waals surface area contributed by atoms with Gasteiger partial charge in [-0.1, -0.05) is 13.8 Å². The predicted molar refractivity (Wildman–Crippen MR) is 128 cm³/mol. The molecule has 0 aliphatic heterocycles. The minimum Gasteiger partial charge on any atom is -0.356 e. The molecule has 0 spiro atoms. The van der Waals surface area contributed by atoms with Crippen LogP contribution in [0.3, 0.4) is 0 Å². The molecular weight excluding hydrogens is 426 g/mol. The zero-order valence-electron chi connectivity index (χ0n) is 19.2. The molecule has 2 amide bonds. The number of carbonyl (C=O) groups is 2. The van der Waals surface area contributed by atoms with Gasteiger partial charge in [0, 0.05) is 24.4 Å². The molecule has 3 rings (SSSR count). The van der Waals surface area contributed by atoms with E-state index in [1.165, 1.54) is 15.8 Å². The molecule has 8 nitrogen and oxygen atoms in total. The van der Waals surface area contributed by atoms with E-state index in [0.29, 0.717) is 31.3 Å². The van der Waals surface area contributed by atoms with Crippen LogP contribution in [0, 0.1) is 0 Å². The van der Waals surface area contributed by atoms with E-state index >= 15 is 0 Å². The summed E-state index contributed by atoms with van der Waals surface area (Å²) in [6.45, 7) is 8.33. The SMILES string of the molecule is CCN(CC)CCCNC(=O)CCCNC(=O)Cn1cnc2sc3c(c2c1=O)CCCC3. The lowest BCUT2D eigenvalue weighted by Gasteiger charge is -2.17. The zero-order valence-corrected chi connectivity index (χ0v) is 20.1. The number of rotatable bonds is 12. The number of carbonyl (C=O) groups excluding carboxylic acids is 2. The number of aryl methyl sites for hydroxylation is 2. The second-order valence-electron chi connectivity index (χ2n) is 8.25. The molecule has 0 saturated carbocycles. The van der Waals surface area contributed by atoms with Crippen LogP contribution in [-0.4, -0.2) is 59.0 Å². The maximum atomic E-state index is 12.9. The molecule has 2 N–H and O–H groups in total. The van der Waals surface area contributed by atoms with Gasteiger partial charge in [0.05, 0.1) is 11.7 Å². The fraction of sp³-hybridized carbons (Fsp3) is 0.652. The first-order chi connectivity index (χ1) is 15.5. The molecule has 176 valence electrons. The molecule has 2 aromatic heterocycles. The second-order valence-corrected chi connectivity index (χ2v) is 9.34. The lowest BCUT2D eigenvalue weighted by molar-refractivity contribution is -0.123. The minimum atomic E-state index is -0.239. The van der Waals surface area contributed by atoms with Crippen LogP contribution in [0.5, 0.6) is 0 Å². The summed E-state index contributed by atoms with van der Waals surface area (Å²) < 4.78 is 1.39. The summed E-state index contributed by atoms with van der Waals surface area (Å²) in [6.07, 6.45) is 7.53. The lowest BCUT2D eigenvalue weighted by atomic mass is 9.97. The molecule has 2 aromatic rings. The summed E-state index contributed by atoms with van der Waals surface area (Å²) in [5.74, 6) is -0.233. The van der Waals surface area contributed by atoms with E-state index in [4.69, 9.17) is 0 Å². The molecule has 0 saturated heterocycles. The summed E-state index contributed by atoms with van der Waals surface area (Å²) in [5.41, 5.74) is 1.00. The first kappa shape index (κ1) is 24.4. The van der Waals surface area contributed by atoms with Crippen LogP contribution in [0.1, 0.15) is 56.4 Å². The van der Waals surface area contributed by atoms with Crippen molar-refractivity contribution < 1.29 is 9.59 Å². The second kappa shape index (κ2) is 12.1. The molecule has 1 aliphatic rings. The smallest absolute Gasteiger partial charge is 0.262 e. The van der Waals surface area contributed by atoms with Gasteiger partial charge in [0.25, 0.3) is 5.56 Å². The van der Waals surface area contributed by atoms with Crippen LogP contribution in [0.2, 0.25) is 0 Å². The Kier molecular flexibility index (Phi) is 9.23. The first-order valence-corrected chi connectivity index (χ1v) is 12.6. The first-order valence-electron chi connectivity index (χ1n) is 11.8. The third-order valence-corrected chi connectivity index (χ3v) is 7.23. The van der Waals surface area contributed by atoms with Crippen LogP contribution >= 0.6 is 11.3 Å². The average Bonchev–Trinajstić information content (AvgIpc) is 3.18. The van der Waals surface area contributed by atoms with Gasteiger partial charge in [-0.3, -0.25) is 19.0 Å². The van der Waals surface area contributed by atoms with Crippen molar-refractivity contribution in [3.05, 3.63) is 27.1 Å². The van der Waals surface area contributed by atoms with Crippen molar-refractivity contribution >= 4 is 33.4 Å². The Bertz CT molecular complexity index is 980. The number of amides is 2. The Hall–Kier alpha value is -2.26. The van der Waals surface area contributed by atoms with Crippen molar-refractivity contribution in [3.8, 4) is 0 Å². The number of thiophene rings is 1. The van der Waals surface area contributed by atoms with Gasteiger partial charge in [-0.25, -0.2) is 4.98 Å². The maximum Gasteiger partial charge on any atom is 0.262 e. The Morgan fingerprint density at radius 2 is 1.81 bits per heavy atom. The van der Waals surface area contributed by atoms with Crippen molar-refractivity contribution in [3.63, 3.8) is 0 Å². The molecular formula is C23H35N5O3S. The van der Waals surface area contributed by atoms with Gasteiger partial charge in [0.15, 0.2) is 0 Å². The highest BCUT2D eigenvalue weighted by molar-refractivity contribution is 7.18. The molecule has 0 unspecified atom stereocenters. The lowest BCUT2D eigenvalue weighted by Crippen LogP contribution is -2.34. The third-order valence-electron chi connectivity index (χ3n) is 6.03. The van der Waals surface area contributed by atoms with Gasteiger partial charge in [-0.15, -0.1) is 11.3 Å². The zero-order chi connectivity index (χ0) is 22.9. The number of nitrogens with one attached hydrogen (secondary N) is 2. The average molecular weight is 462 g/mol. The summed E-state index contributed by atoms with van der Waals surface area (Å²) in [7, 11) is 0. The number of aromatic nitrogens is 2. The van der Waals surface area contributed by atoms with E-state index in [2.05, 4.69) is 34.4 Å².